The zero-order valence-electron chi connectivity index (χ0n) is 13.7. The van der Waals surface area contributed by atoms with Crippen molar-refractivity contribution in [1.29, 1.82) is 0 Å². The first-order chi connectivity index (χ1) is 12.1. The summed E-state index contributed by atoms with van der Waals surface area (Å²) >= 11 is 6.06. The van der Waals surface area contributed by atoms with Gasteiger partial charge in [-0.15, -0.1) is 0 Å². The number of benzene rings is 1. The molecule has 3 rings (SSSR count). The van der Waals surface area contributed by atoms with Crippen molar-refractivity contribution in [3.63, 3.8) is 0 Å². The fraction of sp³-hybridized carbons (Fsp3) is 0.105. The van der Waals surface area contributed by atoms with Gasteiger partial charge in [-0.1, -0.05) is 29.8 Å². The molecule has 0 saturated heterocycles. The number of carbonyl (C=O) groups is 1. The van der Waals surface area contributed by atoms with E-state index >= 15 is 0 Å². The standard InChI is InChI=1S/C19H17ClN4O/c1-24-18(8-9-23-24)16-10-14(11-21-13-16)12-22-19(25)7-6-15-4-2-3-5-17(15)20/h2-11,13H,12H2,1H3,(H,22,25)/b7-6+. The second kappa shape index (κ2) is 7.77. The highest BCUT2D eigenvalue weighted by Gasteiger charge is 2.05. The van der Waals surface area contributed by atoms with Crippen molar-refractivity contribution in [3.8, 4) is 11.3 Å². The van der Waals surface area contributed by atoms with E-state index in [9.17, 15) is 4.79 Å². The average Bonchev–Trinajstić information content (AvgIpc) is 3.05. The van der Waals surface area contributed by atoms with E-state index in [1.54, 1.807) is 35.4 Å². The zero-order chi connectivity index (χ0) is 17.6. The van der Waals surface area contributed by atoms with Crippen molar-refractivity contribution < 1.29 is 4.79 Å². The Morgan fingerprint density at radius 2 is 2.12 bits per heavy atom. The first-order valence-electron chi connectivity index (χ1n) is 7.76. The monoisotopic (exact) mass is 352 g/mol. The molecular formula is C19H17ClN4O. The van der Waals surface area contributed by atoms with Gasteiger partial charge >= 0.3 is 0 Å². The SMILES string of the molecule is Cn1nccc1-c1cncc(CNC(=O)/C=C/c2ccccc2Cl)c1. The molecule has 1 aromatic carbocycles. The highest BCUT2D eigenvalue weighted by atomic mass is 35.5. The molecule has 1 N–H and O–H groups in total. The van der Waals surface area contributed by atoms with Crippen LogP contribution in [0.1, 0.15) is 11.1 Å². The smallest absolute Gasteiger partial charge is 0.244 e. The van der Waals surface area contributed by atoms with Gasteiger partial charge < -0.3 is 5.32 Å². The molecule has 126 valence electrons. The molecule has 25 heavy (non-hydrogen) atoms. The molecule has 6 heteroatoms. The molecule has 2 heterocycles. The number of rotatable bonds is 5. The Morgan fingerprint density at radius 3 is 2.88 bits per heavy atom. The summed E-state index contributed by atoms with van der Waals surface area (Å²) in [5.74, 6) is -0.189. The van der Waals surface area contributed by atoms with Gasteiger partial charge in [0.1, 0.15) is 0 Å². The molecule has 3 aromatic rings. The molecule has 0 aliphatic carbocycles. The lowest BCUT2D eigenvalue weighted by atomic mass is 10.1. The third-order valence-electron chi connectivity index (χ3n) is 3.70. The number of nitrogens with one attached hydrogen (secondary N) is 1. The number of carbonyl (C=O) groups excluding carboxylic acids is 1. The molecular weight excluding hydrogens is 336 g/mol. The van der Waals surface area contributed by atoms with Gasteiger partial charge in [0.15, 0.2) is 0 Å². The number of amides is 1. The van der Waals surface area contributed by atoms with E-state index in [4.69, 9.17) is 11.6 Å². The number of nitrogens with zero attached hydrogens (tertiary/aromatic N) is 3. The molecule has 0 spiro atoms. The molecule has 0 fully saturated rings. The Morgan fingerprint density at radius 1 is 1.28 bits per heavy atom. The molecule has 0 bridgehead atoms. The lowest BCUT2D eigenvalue weighted by molar-refractivity contribution is -0.116. The van der Waals surface area contributed by atoms with Gasteiger partial charge in [-0.3, -0.25) is 14.5 Å². The topological polar surface area (TPSA) is 59.8 Å². The van der Waals surface area contributed by atoms with Gasteiger partial charge in [0, 0.05) is 48.8 Å². The summed E-state index contributed by atoms with van der Waals surface area (Å²) < 4.78 is 1.78. The highest BCUT2D eigenvalue weighted by molar-refractivity contribution is 6.32. The molecule has 0 saturated carbocycles. The number of halogens is 1. The molecule has 0 unspecified atom stereocenters. The maximum Gasteiger partial charge on any atom is 0.244 e. The molecule has 0 atom stereocenters. The van der Waals surface area contributed by atoms with Gasteiger partial charge in [-0.25, -0.2) is 0 Å². The quantitative estimate of drug-likeness (QED) is 0.715. The predicted molar refractivity (Wildman–Crippen MR) is 98.8 cm³/mol. The van der Waals surface area contributed by atoms with E-state index in [0.717, 1.165) is 22.4 Å². The number of aromatic nitrogens is 3. The molecule has 5 nitrogen and oxygen atoms in total. The summed E-state index contributed by atoms with van der Waals surface area (Å²) in [4.78, 5) is 16.2. The summed E-state index contributed by atoms with van der Waals surface area (Å²) in [5, 5.41) is 7.61. The van der Waals surface area contributed by atoms with Gasteiger partial charge in [-0.05, 0) is 35.4 Å². The van der Waals surface area contributed by atoms with Gasteiger partial charge in [0.2, 0.25) is 5.91 Å². The molecule has 1 amide bonds. The van der Waals surface area contributed by atoms with Crippen LogP contribution in [0.5, 0.6) is 0 Å². The van der Waals surface area contributed by atoms with Crippen LogP contribution in [0.2, 0.25) is 5.02 Å². The Labute approximate surface area is 151 Å². The van der Waals surface area contributed by atoms with Crippen LogP contribution in [0.3, 0.4) is 0 Å². The molecule has 2 aromatic heterocycles. The fourth-order valence-corrected chi connectivity index (χ4v) is 2.60. The largest absolute Gasteiger partial charge is 0.348 e. The van der Waals surface area contributed by atoms with Crippen molar-refractivity contribution in [2.75, 3.05) is 0 Å². The first-order valence-corrected chi connectivity index (χ1v) is 8.14. The lowest BCUT2D eigenvalue weighted by Crippen LogP contribution is -2.20. The molecule has 0 radical (unpaired) electrons. The van der Waals surface area contributed by atoms with Crippen LogP contribution in [0, 0.1) is 0 Å². The number of hydrogen-bond donors (Lipinski definition) is 1. The van der Waals surface area contributed by atoms with Crippen LogP contribution in [-0.2, 0) is 18.4 Å². The van der Waals surface area contributed by atoms with E-state index in [2.05, 4.69) is 15.4 Å². The minimum Gasteiger partial charge on any atom is -0.348 e. The minimum atomic E-state index is -0.189. The number of pyridine rings is 1. The third kappa shape index (κ3) is 4.33. The Kier molecular flexibility index (Phi) is 5.26. The minimum absolute atomic E-state index is 0.189. The van der Waals surface area contributed by atoms with Crippen LogP contribution in [-0.4, -0.2) is 20.7 Å². The summed E-state index contributed by atoms with van der Waals surface area (Å²) in [6, 6.07) is 11.3. The maximum absolute atomic E-state index is 12.0. The van der Waals surface area contributed by atoms with Crippen LogP contribution < -0.4 is 5.32 Å². The van der Waals surface area contributed by atoms with Crippen molar-refractivity contribution in [3.05, 3.63) is 77.2 Å². The highest BCUT2D eigenvalue weighted by Crippen LogP contribution is 2.18. The van der Waals surface area contributed by atoms with Crippen LogP contribution in [0.4, 0.5) is 0 Å². The van der Waals surface area contributed by atoms with Gasteiger partial charge in [-0.2, -0.15) is 5.10 Å². The van der Waals surface area contributed by atoms with Crippen LogP contribution in [0.15, 0.2) is 61.1 Å². The third-order valence-corrected chi connectivity index (χ3v) is 4.04. The summed E-state index contributed by atoms with van der Waals surface area (Å²) in [5.41, 5.74) is 3.65. The second-order valence-electron chi connectivity index (χ2n) is 5.49. The Balaban J connectivity index is 1.63. The van der Waals surface area contributed by atoms with Gasteiger partial charge in [0.25, 0.3) is 0 Å². The van der Waals surface area contributed by atoms with E-state index in [1.165, 1.54) is 6.08 Å². The van der Waals surface area contributed by atoms with Crippen molar-refractivity contribution in [2.24, 2.45) is 7.05 Å². The number of hydrogen-bond acceptors (Lipinski definition) is 3. The Bertz CT molecular complexity index is 917. The lowest BCUT2D eigenvalue weighted by Gasteiger charge is -2.06. The maximum atomic E-state index is 12.0. The number of aryl methyl sites for hydroxylation is 1. The first kappa shape index (κ1) is 16.9. The van der Waals surface area contributed by atoms with Crippen LogP contribution >= 0.6 is 11.6 Å². The van der Waals surface area contributed by atoms with Crippen molar-refractivity contribution in [2.45, 2.75) is 6.54 Å². The van der Waals surface area contributed by atoms with Gasteiger partial charge in [0.05, 0.1) is 5.69 Å². The van der Waals surface area contributed by atoms with Crippen LogP contribution in [0.25, 0.3) is 17.3 Å². The van der Waals surface area contributed by atoms with E-state index in [-0.39, 0.29) is 5.91 Å². The normalized spacial score (nSPS) is 11.0. The predicted octanol–water partition coefficient (Wildman–Crippen LogP) is 3.47. The van der Waals surface area contributed by atoms with Crippen molar-refractivity contribution >= 4 is 23.6 Å². The Hall–Kier alpha value is -2.92. The summed E-state index contributed by atoms with van der Waals surface area (Å²) in [6.07, 6.45) is 8.42. The molecule has 0 aliphatic rings. The zero-order valence-corrected chi connectivity index (χ0v) is 14.4. The fourth-order valence-electron chi connectivity index (χ4n) is 2.41. The summed E-state index contributed by atoms with van der Waals surface area (Å²) in [7, 11) is 1.88. The average molecular weight is 353 g/mol. The molecule has 0 aliphatic heterocycles. The van der Waals surface area contributed by atoms with E-state index < -0.39 is 0 Å². The van der Waals surface area contributed by atoms with E-state index in [0.29, 0.717) is 11.6 Å². The second-order valence-corrected chi connectivity index (χ2v) is 5.90. The van der Waals surface area contributed by atoms with E-state index in [1.807, 2.05) is 37.4 Å². The van der Waals surface area contributed by atoms with Crippen molar-refractivity contribution in [1.82, 2.24) is 20.1 Å². The summed E-state index contributed by atoms with van der Waals surface area (Å²) in [6.45, 7) is 0.393.